The van der Waals surface area contributed by atoms with Crippen molar-refractivity contribution in [3.63, 3.8) is 0 Å². The molecule has 19 heavy (non-hydrogen) atoms. The lowest BCUT2D eigenvalue weighted by Gasteiger charge is -2.20. The Kier molecular flexibility index (Phi) is 4.31. The van der Waals surface area contributed by atoms with Gasteiger partial charge in [0.15, 0.2) is 0 Å². The number of halogens is 3. The molecular weight excluding hydrogens is 316 g/mol. The summed E-state index contributed by atoms with van der Waals surface area (Å²) in [7, 11) is 1.78. The number of nitrogens with one attached hydrogen (secondary N) is 1. The molecule has 1 heterocycles. The van der Waals surface area contributed by atoms with E-state index in [1.165, 1.54) is 12.1 Å². The molecule has 1 N–H and O–H groups in total. The largest absolute Gasteiger partial charge is 0.305 e. The molecule has 0 fully saturated rings. The minimum Gasteiger partial charge on any atom is -0.305 e. The molecule has 2 aromatic rings. The van der Waals surface area contributed by atoms with Crippen LogP contribution in [-0.4, -0.2) is 16.3 Å². The van der Waals surface area contributed by atoms with E-state index in [4.69, 9.17) is 0 Å². The number of aromatic nitrogens is 2. The molecule has 1 aromatic heterocycles. The van der Waals surface area contributed by atoms with Crippen molar-refractivity contribution in [1.82, 2.24) is 15.1 Å². The van der Waals surface area contributed by atoms with Crippen molar-refractivity contribution < 1.29 is 8.78 Å². The van der Waals surface area contributed by atoms with Gasteiger partial charge in [0.05, 0.1) is 22.4 Å². The number of hydrogen-bond donors (Lipinski definition) is 1. The lowest BCUT2D eigenvalue weighted by molar-refractivity contribution is 0.520. The number of aryl methyl sites for hydroxylation is 1. The summed E-state index contributed by atoms with van der Waals surface area (Å²) in [6, 6.07) is 3.22. The molecule has 0 aliphatic heterocycles. The highest BCUT2D eigenvalue weighted by molar-refractivity contribution is 9.10. The van der Waals surface area contributed by atoms with Crippen LogP contribution in [0.1, 0.15) is 24.2 Å². The summed E-state index contributed by atoms with van der Waals surface area (Å²) in [5.74, 6) is -1.15. The van der Waals surface area contributed by atoms with Crippen LogP contribution in [0.25, 0.3) is 0 Å². The minimum absolute atomic E-state index is 0.382. The van der Waals surface area contributed by atoms with Crippen LogP contribution in [0.2, 0.25) is 0 Å². The summed E-state index contributed by atoms with van der Waals surface area (Å²) in [6.45, 7) is 2.58. The molecule has 0 saturated heterocycles. The zero-order valence-corrected chi connectivity index (χ0v) is 12.2. The lowest BCUT2D eigenvalue weighted by Crippen LogP contribution is -2.25. The van der Waals surface area contributed by atoms with Crippen molar-refractivity contribution in [1.29, 1.82) is 0 Å². The first-order valence-electron chi connectivity index (χ1n) is 5.90. The van der Waals surface area contributed by atoms with Gasteiger partial charge in [-0.2, -0.15) is 5.10 Å². The molecule has 1 aromatic carbocycles. The van der Waals surface area contributed by atoms with Crippen molar-refractivity contribution in [3.05, 3.63) is 51.8 Å². The predicted octanol–water partition coefficient (Wildman–Crippen LogP) is 3.16. The Bertz CT molecular complexity index is 564. The second kappa shape index (κ2) is 5.79. The molecule has 0 spiro atoms. The molecule has 0 amide bonds. The van der Waals surface area contributed by atoms with E-state index in [-0.39, 0.29) is 6.04 Å². The quantitative estimate of drug-likeness (QED) is 0.933. The molecule has 0 saturated carbocycles. The normalized spacial score (nSPS) is 12.7. The van der Waals surface area contributed by atoms with E-state index < -0.39 is 11.6 Å². The topological polar surface area (TPSA) is 29.9 Å². The van der Waals surface area contributed by atoms with Gasteiger partial charge in [-0.15, -0.1) is 0 Å². The van der Waals surface area contributed by atoms with E-state index >= 15 is 0 Å². The lowest BCUT2D eigenvalue weighted by atomic mass is 10.0. The Morgan fingerprint density at radius 2 is 2.16 bits per heavy atom. The van der Waals surface area contributed by atoms with Gasteiger partial charge in [0.2, 0.25) is 0 Å². The third-order valence-electron chi connectivity index (χ3n) is 2.89. The summed E-state index contributed by atoms with van der Waals surface area (Å²) < 4.78 is 29.4. The van der Waals surface area contributed by atoms with Crippen LogP contribution < -0.4 is 5.32 Å². The Labute approximate surface area is 118 Å². The van der Waals surface area contributed by atoms with Crippen LogP contribution in [0.5, 0.6) is 0 Å². The fourth-order valence-corrected chi connectivity index (χ4v) is 2.62. The fourth-order valence-electron chi connectivity index (χ4n) is 2.04. The van der Waals surface area contributed by atoms with E-state index in [9.17, 15) is 8.78 Å². The van der Waals surface area contributed by atoms with Gasteiger partial charge in [0.1, 0.15) is 11.6 Å². The summed E-state index contributed by atoms with van der Waals surface area (Å²) in [5, 5.41) is 7.32. The summed E-state index contributed by atoms with van der Waals surface area (Å²) >= 11 is 3.40. The zero-order valence-electron chi connectivity index (χ0n) is 10.6. The van der Waals surface area contributed by atoms with Crippen molar-refractivity contribution >= 4 is 15.9 Å². The summed E-state index contributed by atoms with van der Waals surface area (Å²) in [6.07, 6.45) is 1.65. The molecule has 0 bridgehead atoms. The van der Waals surface area contributed by atoms with E-state index in [1.54, 1.807) is 17.9 Å². The molecule has 0 aliphatic rings. The Hall–Kier alpha value is -1.27. The van der Waals surface area contributed by atoms with Gasteiger partial charge in [-0.05, 0) is 28.5 Å². The maximum absolute atomic E-state index is 14.0. The highest BCUT2D eigenvalue weighted by atomic mass is 79.9. The van der Waals surface area contributed by atoms with Crippen molar-refractivity contribution in [3.8, 4) is 0 Å². The first-order chi connectivity index (χ1) is 9.04. The molecule has 0 aliphatic carbocycles. The zero-order chi connectivity index (χ0) is 14.0. The first kappa shape index (κ1) is 14.1. The van der Waals surface area contributed by atoms with Gasteiger partial charge in [0.25, 0.3) is 0 Å². The highest BCUT2D eigenvalue weighted by Gasteiger charge is 2.23. The maximum atomic E-state index is 14.0. The SMILES string of the molecule is CCNC(c1ccc(F)cc1F)c1c(Br)cnn1C. The monoisotopic (exact) mass is 329 g/mol. The molecule has 6 heteroatoms. The third kappa shape index (κ3) is 2.84. The Balaban J connectivity index is 2.51. The number of benzene rings is 1. The average Bonchev–Trinajstić information content (AvgIpc) is 2.67. The fraction of sp³-hybridized carbons (Fsp3) is 0.308. The third-order valence-corrected chi connectivity index (χ3v) is 3.50. The van der Waals surface area contributed by atoms with E-state index in [2.05, 4.69) is 26.3 Å². The Morgan fingerprint density at radius 3 is 2.68 bits per heavy atom. The van der Waals surface area contributed by atoms with Gasteiger partial charge < -0.3 is 5.32 Å². The summed E-state index contributed by atoms with van der Waals surface area (Å²) in [5.41, 5.74) is 1.19. The molecule has 1 unspecified atom stereocenters. The number of nitrogens with zero attached hydrogens (tertiary/aromatic N) is 2. The van der Waals surface area contributed by atoms with Crippen LogP contribution in [0.3, 0.4) is 0 Å². The van der Waals surface area contributed by atoms with Crippen LogP contribution in [0.4, 0.5) is 8.78 Å². The van der Waals surface area contributed by atoms with Gasteiger partial charge in [0, 0.05) is 18.7 Å². The van der Waals surface area contributed by atoms with Gasteiger partial charge >= 0.3 is 0 Å². The van der Waals surface area contributed by atoms with E-state index in [1.807, 2.05) is 6.92 Å². The van der Waals surface area contributed by atoms with Crippen molar-refractivity contribution in [2.75, 3.05) is 6.54 Å². The minimum atomic E-state index is -0.583. The van der Waals surface area contributed by atoms with E-state index in [0.717, 1.165) is 16.2 Å². The maximum Gasteiger partial charge on any atom is 0.131 e. The summed E-state index contributed by atoms with van der Waals surface area (Å²) in [4.78, 5) is 0. The van der Waals surface area contributed by atoms with Crippen LogP contribution in [0, 0.1) is 11.6 Å². The van der Waals surface area contributed by atoms with Crippen molar-refractivity contribution in [2.24, 2.45) is 7.05 Å². The van der Waals surface area contributed by atoms with Crippen LogP contribution in [0.15, 0.2) is 28.9 Å². The molecule has 102 valence electrons. The smallest absolute Gasteiger partial charge is 0.131 e. The van der Waals surface area contributed by atoms with Crippen LogP contribution >= 0.6 is 15.9 Å². The molecule has 0 radical (unpaired) electrons. The Morgan fingerprint density at radius 1 is 1.42 bits per heavy atom. The molecule has 3 nitrogen and oxygen atoms in total. The van der Waals surface area contributed by atoms with Gasteiger partial charge in [-0.25, -0.2) is 8.78 Å². The standard InChI is InChI=1S/C13H14BrF2N3/c1-3-17-12(13-10(14)7-18-19(13)2)9-5-4-8(15)6-11(9)16/h4-7,12,17H,3H2,1-2H3. The number of hydrogen-bond acceptors (Lipinski definition) is 2. The first-order valence-corrected chi connectivity index (χ1v) is 6.69. The van der Waals surface area contributed by atoms with E-state index in [0.29, 0.717) is 12.1 Å². The second-order valence-corrected chi connectivity index (χ2v) is 5.01. The number of rotatable bonds is 4. The van der Waals surface area contributed by atoms with Gasteiger partial charge in [-0.3, -0.25) is 4.68 Å². The van der Waals surface area contributed by atoms with Crippen LogP contribution in [-0.2, 0) is 7.05 Å². The van der Waals surface area contributed by atoms with Gasteiger partial charge in [-0.1, -0.05) is 13.0 Å². The second-order valence-electron chi connectivity index (χ2n) is 4.16. The molecular formula is C13H14BrF2N3. The molecule has 2 rings (SSSR count). The average molecular weight is 330 g/mol. The predicted molar refractivity (Wildman–Crippen MR) is 72.8 cm³/mol. The molecule has 1 atom stereocenters. The van der Waals surface area contributed by atoms with Crippen molar-refractivity contribution in [2.45, 2.75) is 13.0 Å². The highest BCUT2D eigenvalue weighted by Crippen LogP contribution is 2.29.